The second-order valence-corrected chi connectivity index (χ2v) is 4.27. The monoisotopic (exact) mass is 256 g/mol. The maximum Gasteiger partial charge on any atom is 0.257 e. The summed E-state index contributed by atoms with van der Waals surface area (Å²) in [5.41, 5.74) is 5.40. The van der Waals surface area contributed by atoms with Crippen LogP contribution in [0.25, 0.3) is 0 Å². The van der Waals surface area contributed by atoms with Crippen LogP contribution < -0.4 is 11.1 Å². The molecule has 0 saturated heterocycles. The summed E-state index contributed by atoms with van der Waals surface area (Å²) in [5.74, 6) is -2.40. The van der Waals surface area contributed by atoms with Crippen LogP contribution in [0.1, 0.15) is 35.7 Å². The van der Waals surface area contributed by atoms with Gasteiger partial charge in [-0.1, -0.05) is 13.0 Å². The van der Waals surface area contributed by atoms with E-state index < -0.39 is 23.1 Å². The Hall–Kier alpha value is -1.49. The van der Waals surface area contributed by atoms with Crippen LogP contribution in [0.3, 0.4) is 0 Å². The van der Waals surface area contributed by atoms with E-state index in [1.807, 2.05) is 6.92 Å². The quantitative estimate of drug-likeness (QED) is 0.848. The van der Waals surface area contributed by atoms with Crippen molar-refractivity contribution in [2.45, 2.75) is 32.7 Å². The molecule has 0 aliphatic rings. The van der Waals surface area contributed by atoms with Crippen LogP contribution in [0.5, 0.6) is 0 Å². The third-order valence-electron chi connectivity index (χ3n) is 2.84. The van der Waals surface area contributed by atoms with Gasteiger partial charge in [0.15, 0.2) is 0 Å². The fourth-order valence-electron chi connectivity index (χ4n) is 1.53. The first kappa shape index (κ1) is 14.6. The highest BCUT2D eigenvalue weighted by atomic mass is 19.1. The lowest BCUT2D eigenvalue weighted by Crippen LogP contribution is -2.31. The lowest BCUT2D eigenvalue weighted by atomic mass is 10.1. The minimum absolute atomic E-state index is 0.0162. The number of halogens is 2. The van der Waals surface area contributed by atoms with Crippen LogP contribution in [0.2, 0.25) is 0 Å². The molecule has 0 saturated carbocycles. The first-order valence-corrected chi connectivity index (χ1v) is 5.95. The van der Waals surface area contributed by atoms with Crippen LogP contribution in [-0.4, -0.2) is 18.5 Å². The van der Waals surface area contributed by atoms with Crippen molar-refractivity contribution in [1.82, 2.24) is 5.32 Å². The van der Waals surface area contributed by atoms with Gasteiger partial charge in [-0.05, 0) is 31.4 Å². The van der Waals surface area contributed by atoms with Gasteiger partial charge in [-0.2, -0.15) is 0 Å². The van der Waals surface area contributed by atoms with Gasteiger partial charge >= 0.3 is 0 Å². The Balaban J connectivity index is 2.70. The fraction of sp³-hybridized carbons (Fsp3) is 0.462. The molecule has 100 valence electrons. The Labute approximate surface area is 105 Å². The average Bonchev–Trinajstić information content (AvgIpc) is 2.34. The molecule has 0 heterocycles. The first-order chi connectivity index (χ1) is 8.47. The highest BCUT2D eigenvalue weighted by molar-refractivity contribution is 5.94. The van der Waals surface area contributed by atoms with E-state index in [0.29, 0.717) is 13.0 Å². The number of aryl methyl sites for hydroxylation is 1. The van der Waals surface area contributed by atoms with Crippen molar-refractivity contribution in [3.05, 3.63) is 34.9 Å². The molecule has 3 nitrogen and oxygen atoms in total. The zero-order chi connectivity index (χ0) is 13.7. The number of amides is 1. The number of nitrogens with two attached hydrogens (primary N) is 1. The Morgan fingerprint density at radius 3 is 2.72 bits per heavy atom. The van der Waals surface area contributed by atoms with E-state index in [4.69, 9.17) is 5.73 Å². The van der Waals surface area contributed by atoms with Gasteiger partial charge in [0.25, 0.3) is 5.91 Å². The highest BCUT2D eigenvalue weighted by Crippen LogP contribution is 2.16. The minimum Gasteiger partial charge on any atom is -0.352 e. The predicted molar refractivity (Wildman–Crippen MR) is 66.3 cm³/mol. The summed E-state index contributed by atoms with van der Waals surface area (Å²) < 4.78 is 27.0. The lowest BCUT2D eigenvalue weighted by Gasteiger charge is -2.11. The zero-order valence-electron chi connectivity index (χ0n) is 10.6. The highest BCUT2D eigenvalue weighted by Gasteiger charge is 2.18. The molecule has 5 heteroatoms. The number of nitrogens with one attached hydrogen (secondary N) is 1. The summed E-state index contributed by atoms with van der Waals surface area (Å²) in [4.78, 5) is 11.7. The summed E-state index contributed by atoms with van der Waals surface area (Å²) >= 11 is 0. The molecule has 1 atom stereocenters. The van der Waals surface area contributed by atoms with E-state index in [-0.39, 0.29) is 11.6 Å². The lowest BCUT2D eigenvalue weighted by molar-refractivity contribution is 0.0944. The molecule has 0 aromatic heterocycles. The molecule has 0 aliphatic heterocycles. The Kier molecular flexibility index (Phi) is 5.22. The van der Waals surface area contributed by atoms with Crippen molar-refractivity contribution >= 4 is 5.91 Å². The molecule has 18 heavy (non-hydrogen) atoms. The molecular weight excluding hydrogens is 238 g/mol. The first-order valence-electron chi connectivity index (χ1n) is 5.95. The molecular formula is C13H18F2N2O. The third-order valence-corrected chi connectivity index (χ3v) is 2.84. The molecule has 1 aromatic carbocycles. The number of hydrogen-bond acceptors (Lipinski definition) is 2. The maximum atomic E-state index is 13.6. The second-order valence-electron chi connectivity index (χ2n) is 4.27. The van der Waals surface area contributed by atoms with Gasteiger partial charge < -0.3 is 11.1 Å². The zero-order valence-corrected chi connectivity index (χ0v) is 10.6. The van der Waals surface area contributed by atoms with E-state index in [1.54, 1.807) is 0 Å². The maximum absolute atomic E-state index is 13.6. The van der Waals surface area contributed by atoms with E-state index in [2.05, 4.69) is 5.32 Å². The topological polar surface area (TPSA) is 55.1 Å². The molecule has 0 aliphatic carbocycles. The smallest absolute Gasteiger partial charge is 0.257 e. The van der Waals surface area contributed by atoms with Gasteiger partial charge in [0.05, 0.1) is 0 Å². The van der Waals surface area contributed by atoms with Crippen LogP contribution in [0.15, 0.2) is 12.1 Å². The van der Waals surface area contributed by atoms with Gasteiger partial charge in [0.2, 0.25) is 0 Å². The Bertz CT molecular complexity index is 435. The van der Waals surface area contributed by atoms with Crippen molar-refractivity contribution in [3.63, 3.8) is 0 Å². The molecule has 3 N–H and O–H groups in total. The number of rotatable bonds is 5. The predicted octanol–water partition coefficient (Wildman–Crippen LogP) is 2.13. The van der Waals surface area contributed by atoms with Crippen molar-refractivity contribution in [3.8, 4) is 0 Å². The fourth-order valence-corrected chi connectivity index (χ4v) is 1.53. The van der Waals surface area contributed by atoms with Gasteiger partial charge in [-0.3, -0.25) is 4.79 Å². The van der Waals surface area contributed by atoms with Gasteiger partial charge in [0, 0.05) is 12.6 Å². The van der Waals surface area contributed by atoms with Crippen LogP contribution >= 0.6 is 0 Å². The van der Waals surface area contributed by atoms with Gasteiger partial charge in [-0.15, -0.1) is 0 Å². The summed E-state index contributed by atoms with van der Waals surface area (Å²) in [6.45, 7) is 3.73. The minimum atomic E-state index is -0.851. The van der Waals surface area contributed by atoms with Crippen LogP contribution in [0.4, 0.5) is 8.78 Å². The summed E-state index contributed by atoms with van der Waals surface area (Å²) in [7, 11) is 0. The molecule has 1 unspecified atom stereocenters. The Morgan fingerprint density at radius 1 is 1.44 bits per heavy atom. The average molecular weight is 256 g/mol. The number of benzene rings is 1. The van der Waals surface area contributed by atoms with Gasteiger partial charge in [0.1, 0.15) is 17.2 Å². The van der Waals surface area contributed by atoms with Crippen molar-refractivity contribution in [2.75, 3.05) is 6.54 Å². The second kappa shape index (κ2) is 6.44. The van der Waals surface area contributed by atoms with Crippen molar-refractivity contribution in [2.24, 2.45) is 5.73 Å². The number of hydrogen-bond donors (Lipinski definition) is 2. The van der Waals surface area contributed by atoms with E-state index in [1.165, 1.54) is 13.0 Å². The summed E-state index contributed by atoms with van der Waals surface area (Å²) in [6.07, 6.45) is 1.38. The Morgan fingerprint density at radius 2 is 2.11 bits per heavy atom. The number of carbonyl (C=O) groups excluding carboxylic acids is 1. The third kappa shape index (κ3) is 3.50. The molecule has 0 radical (unpaired) electrons. The normalized spacial score (nSPS) is 12.3. The summed E-state index contributed by atoms with van der Waals surface area (Å²) in [6, 6.07) is 2.37. The molecule has 0 fully saturated rings. The van der Waals surface area contributed by atoms with Gasteiger partial charge in [-0.25, -0.2) is 8.78 Å². The number of carbonyl (C=O) groups is 1. The van der Waals surface area contributed by atoms with E-state index in [0.717, 1.165) is 12.5 Å². The van der Waals surface area contributed by atoms with E-state index >= 15 is 0 Å². The standard InChI is InChI=1S/C13H18F2N2O/c1-3-9(16)6-7-17-13(18)11-10(14)5-4-8(2)12(11)15/h4-5,9H,3,6-7,16H2,1-2H3,(H,17,18). The molecule has 0 bridgehead atoms. The molecule has 1 aromatic rings. The van der Waals surface area contributed by atoms with Crippen molar-refractivity contribution in [1.29, 1.82) is 0 Å². The van der Waals surface area contributed by atoms with Crippen molar-refractivity contribution < 1.29 is 13.6 Å². The SMILES string of the molecule is CCC(N)CCNC(=O)c1c(F)ccc(C)c1F. The van der Waals surface area contributed by atoms with Crippen LogP contribution in [0, 0.1) is 18.6 Å². The molecule has 1 amide bonds. The van der Waals surface area contributed by atoms with Crippen LogP contribution in [-0.2, 0) is 0 Å². The molecule has 1 rings (SSSR count). The largest absolute Gasteiger partial charge is 0.352 e. The summed E-state index contributed by atoms with van der Waals surface area (Å²) in [5, 5.41) is 2.47. The molecule has 0 spiro atoms. The van der Waals surface area contributed by atoms with E-state index in [9.17, 15) is 13.6 Å².